The van der Waals surface area contributed by atoms with Gasteiger partial charge in [0.2, 0.25) is 0 Å². The van der Waals surface area contributed by atoms with Crippen molar-refractivity contribution in [2.45, 2.75) is 52.2 Å². The van der Waals surface area contributed by atoms with Crippen LogP contribution in [0, 0.1) is 6.92 Å². The molecule has 1 aromatic carbocycles. The highest BCUT2D eigenvalue weighted by atomic mass is 16.6. The van der Waals surface area contributed by atoms with Crippen LogP contribution in [-0.4, -0.2) is 31.2 Å². The van der Waals surface area contributed by atoms with Gasteiger partial charge >= 0.3 is 5.97 Å². The molecule has 0 amide bonds. The number of rotatable bonds is 7. The molecule has 0 heterocycles. The Hall–Kier alpha value is -1.82. The van der Waals surface area contributed by atoms with Gasteiger partial charge in [-0.1, -0.05) is 6.07 Å². The highest BCUT2D eigenvalue weighted by Crippen LogP contribution is 2.17. The molecule has 0 fully saturated rings. The zero-order valence-corrected chi connectivity index (χ0v) is 13.7. The van der Waals surface area contributed by atoms with Gasteiger partial charge in [-0.25, -0.2) is 0 Å². The van der Waals surface area contributed by atoms with Crippen molar-refractivity contribution in [2.24, 2.45) is 0 Å². The van der Waals surface area contributed by atoms with E-state index in [1.807, 2.05) is 45.9 Å². The van der Waals surface area contributed by atoms with E-state index in [0.29, 0.717) is 18.3 Å². The van der Waals surface area contributed by atoms with E-state index in [1.54, 1.807) is 0 Å². The van der Waals surface area contributed by atoms with Gasteiger partial charge in [-0.15, -0.1) is 0 Å². The first kappa shape index (κ1) is 18.2. The average Bonchev–Trinajstić information content (AvgIpc) is 2.38. The van der Waals surface area contributed by atoms with Crippen molar-refractivity contribution < 1.29 is 14.3 Å². The Morgan fingerprint density at radius 2 is 2.14 bits per heavy atom. The molecule has 0 saturated carbocycles. The number of benzene rings is 1. The minimum absolute atomic E-state index is 0.176. The van der Waals surface area contributed by atoms with E-state index in [-0.39, 0.29) is 18.4 Å². The highest BCUT2D eigenvalue weighted by molar-refractivity contribution is 6.64. The monoisotopic (exact) mass is 303 g/mol. The van der Waals surface area contributed by atoms with Crippen LogP contribution in [0.2, 0.25) is 0 Å². The number of hydrogen-bond donors (Lipinski definition) is 2. The zero-order chi connectivity index (χ0) is 16.8. The fourth-order valence-corrected chi connectivity index (χ4v) is 2.13. The van der Waals surface area contributed by atoms with E-state index in [2.05, 4.69) is 5.23 Å². The normalized spacial score (nSPS) is 12.5. The van der Waals surface area contributed by atoms with Gasteiger partial charge in [0.25, 0.3) is 7.41 Å². The predicted molar refractivity (Wildman–Crippen MR) is 89.2 cm³/mol. The van der Waals surface area contributed by atoms with Crippen molar-refractivity contribution in [3.63, 3.8) is 0 Å². The van der Waals surface area contributed by atoms with Gasteiger partial charge in [0.15, 0.2) is 0 Å². The fraction of sp³-hybridized carbons (Fsp3) is 0.500. The second kappa shape index (κ2) is 7.99. The molecule has 6 heteroatoms. The minimum Gasteiger partial charge on any atom is -0.460 e. The third kappa shape index (κ3) is 6.76. The molecule has 1 rings (SSSR count). The first-order chi connectivity index (χ1) is 10.2. The molecule has 1 atom stereocenters. The van der Waals surface area contributed by atoms with Crippen molar-refractivity contribution >= 4 is 25.3 Å². The third-order valence-corrected chi connectivity index (χ3v) is 3.07. The van der Waals surface area contributed by atoms with Crippen LogP contribution >= 0.6 is 0 Å². The molecule has 0 spiro atoms. The smallest absolute Gasteiger partial charge is 0.307 e. The lowest BCUT2D eigenvalue weighted by molar-refractivity contribution is -0.155. The summed E-state index contributed by atoms with van der Waals surface area (Å²) in [5, 5.41) is 2.95. The molecular weight excluding hydrogens is 279 g/mol. The molecule has 0 aliphatic rings. The lowest BCUT2D eigenvalue weighted by Crippen LogP contribution is -2.38. The second-order valence-corrected chi connectivity index (χ2v) is 6.35. The molecule has 22 heavy (non-hydrogen) atoms. The van der Waals surface area contributed by atoms with Crippen molar-refractivity contribution in [1.29, 1.82) is 0 Å². The summed E-state index contributed by atoms with van der Waals surface area (Å²) in [4.78, 5) is 22.5. The number of nitrogen functional groups attached to an aromatic ring is 1. The summed E-state index contributed by atoms with van der Waals surface area (Å²) >= 11 is 0. The molecule has 0 unspecified atom stereocenters. The maximum absolute atomic E-state index is 12.0. The lowest BCUT2D eigenvalue weighted by Gasteiger charge is -2.23. The Morgan fingerprint density at radius 1 is 1.45 bits per heavy atom. The van der Waals surface area contributed by atoms with E-state index in [0.717, 1.165) is 11.1 Å². The summed E-state index contributed by atoms with van der Waals surface area (Å²) in [5.74, 6) is -0.300. The highest BCUT2D eigenvalue weighted by Gasteiger charge is 2.21. The number of aryl methyl sites for hydroxylation is 1. The molecule has 119 valence electrons. The molecule has 0 aliphatic carbocycles. The molecule has 0 saturated heterocycles. The van der Waals surface area contributed by atoms with E-state index in [4.69, 9.17) is 10.5 Å². The molecule has 0 aliphatic heterocycles. The standard InChI is InChI=1S/C16H24BN2O3/c1-11-5-6-13(18)7-12(11)8-14(19-17-10-20)9-15(21)22-16(2,3)4/h5-7,10,14,19H,8-9,18H2,1-4H3/t14-/m0/s1. The Labute approximate surface area is 132 Å². The number of carbonyl (C=O) groups is 2. The number of esters is 1. The number of hydrogen-bond acceptors (Lipinski definition) is 5. The van der Waals surface area contributed by atoms with Gasteiger partial charge in [-0.2, -0.15) is 0 Å². The molecule has 1 aromatic rings. The predicted octanol–water partition coefficient (Wildman–Crippen LogP) is 1.62. The Kier molecular flexibility index (Phi) is 6.62. The second-order valence-electron chi connectivity index (χ2n) is 6.35. The van der Waals surface area contributed by atoms with Gasteiger partial charge < -0.3 is 20.5 Å². The van der Waals surface area contributed by atoms with Crippen LogP contribution in [0.15, 0.2) is 18.2 Å². The van der Waals surface area contributed by atoms with Crippen LogP contribution in [0.5, 0.6) is 0 Å². The van der Waals surface area contributed by atoms with Crippen molar-refractivity contribution in [3.05, 3.63) is 29.3 Å². The number of nitrogens with two attached hydrogens (primary N) is 1. The Morgan fingerprint density at radius 3 is 2.73 bits per heavy atom. The van der Waals surface area contributed by atoms with E-state index >= 15 is 0 Å². The van der Waals surface area contributed by atoms with Crippen LogP contribution in [0.1, 0.15) is 38.3 Å². The van der Waals surface area contributed by atoms with Crippen LogP contribution in [-0.2, 0) is 20.7 Å². The molecule has 0 aromatic heterocycles. The van der Waals surface area contributed by atoms with Crippen molar-refractivity contribution in [1.82, 2.24) is 5.23 Å². The topological polar surface area (TPSA) is 81.4 Å². The van der Waals surface area contributed by atoms with Crippen molar-refractivity contribution in [2.75, 3.05) is 5.73 Å². The third-order valence-electron chi connectivity index (χ3n) is 3.07. The molecule has 5 nitrogen and oxygen atoms in total. The van der Waals surface area contributed by atoms with Crippen LogP contribution in [0.25, 0.3) is 0 Å². The molecule has 3 N–H and O–H groups in total. The quantitative estimate of drug-likeness (QED) is 0.346. The first-order valence-electron chi connectivity index (χ1n) is 7.31. The van der Waals surface area contributed by atoms with Crippen LogP contribution in [0.4, 0.5) is 5.69 Å². The molecular formula is C16H24BN2O3. The summed E-state index contributed by atoms with van der Waals surface area (Å²) in [7, 11) is 1.30. The molecule has 0 bridgehead atoms. The number of carbonyl (C=O) groups excluding carboxylic acids is 2. The zero-order valence-electron chi connectivity index (χ0n) is 13.7. The largest absolute Gasteiger partial charge is 0.460 e. The van der Waals surface area contributed by atoms with E-state index in [1.165, 1.54) is 7.41 Å². The summed E-state index contributed by atoms with van der Waals surface area (Å²) < 4.78 is 5.33. The van der Waals surface area contributed by atoms with Crippen molar-refractivity contribution in [3.8, 4) is 0 Å². The van der Waals surface area contributed by atoms with Gasteiger partial charge in [-0.3, -0.25) is 4.79 Å². The maximum Gasteiger partial charge on any atom is 0.307 e. The Balaban J connectivity index is 2.77. The Bertz CT molecular complexity index is 527. The van der Waals surface area contributed by atoms with Crippen LogP contribution in [0.3, 0.4) is 0 Å². The van der Waals surface area contributed by atoms with Gasteiger partial charge in [0.1, 0.15) is 5.60 Å². The summed E-state index contributed by atoms with van der Waals surface area (Å²) in [6.45, 7) is 7.47. The summed E-state index contributed by atoms with van der Waals surface area (Å²) in [6, 6.07) is 5.45. The maximum atomic E-state index is 12.0. The first-order valence-corrected chi connectivity index (χ1v) is 7.31. The molecule has 1 radical (unpaired) electrons. The number of ether oxygens (including phenoxy) is 1. The van der Waals surface area contributed by atoms with Gasteiger partial charge in [0.05, 0.1) is 12.6 Å². The van der Waals surface area contributed by atoms with E-state index in [9.17, 15) is 9.59 Å². The SMILES string of the molecule is Cc1ccc(N)cc1C[C@@H](CC(=O)OC(C)(C)C)N[B]C=O. The lowest BCUT2D eigenvalue weighted by atomic mass is 9.91. The van der Waals surface area contributed by atoms with Crippen LogP contribution < -0.4 is 11.0 Å². The summed E-state index contributed by atoms with van der Waals surface area (Å²) in [5.41, 5.74) is 8.10. The van der Waals surface area contributed by atoms with Gasteiger partial charge in [-0.05, 0) is 57.4 Å². The average molecular weight is 303 g/mol. The van der Waals surface area contributed by atoms with E-state index < -0.39 is 5.60 Å². The number of anilines is 1. The van der Waals surface area contributed by atoms with Gasteiger partial charge in [0, 0.05) is 11.7 Å². The summed E-state index contributed by atoms with van der Waals surface area (Å²) in [6.07, 6.45) is 1.42. The number of nitrogens with one attached hydrogen (secondary N) is 1. The fourth-order valence-electron chi connectivity index (χ4n) is 2.13. The minimum atomic E-state index is -0.525.